The van der Waals surface area contributed by atoms with Crippen molar-refractivity contribution in [2.75, 3.05) is 18.0 Å². The summed E-state index contributed by atoms with van der Waals surface area (Å²) in [5, 5.41) is 0.797. The van der Waals surface area contributed by atoms with E-state index in [0.717, 1.165) is 43.2 Å². The van der Waals surface area contributed by atoms with E-state index < -0.39 is 17.7 Å². The molecule has 0 radical (unpaired) electrons. The Morgan fingerprint density at radius 1 is 1.11 bits per heavy atom. The number of rotatable bonds is 4. The smallest absolute Gasteiger partial charge is 0.280 e. The molecule has 1 saturated heterocycles. The number of benzene rings is 1. The van der Waals surface area contributed by atoms with E-state index in [1.165, 1.54) is 29.4 Å². The Balaban J connectivity index is 1.45. The molecule has 9 heteroatoms. The topological polar surface area (TPSA) is 63.9 Å². The molecule has 0 unspecified atom stereocenters. The van der Waals surface area contributed by atoms with E-state index in [0.29, 0.717) is 12.1 Å². The van der Waals surface area contributed by atoms with Gasteiger partial charge in [-0.1, -0.05) is 0 Å². The third kappa shape index (κ3) is 3.69. The zero-order chi connectivity index (χ0) is 19.7. The van der Waals surface area contributed by atoms with Gasteiger partial charge in [0.05, 0.1) is 11.8 Å². The minimum Gasteiger partial charge on any atom is -0.356 e. The maximum Gasteiger partial charge on any atom is 0.280 e. The Morgan fingerprint density at radius 3 is 2.61 bits per heavy atom. The van der Waals surface area contributed by atoms with Crippen LogP contribution in [0.1, 0.15) is 25.0 Å². The number of anilines is 1. The third-order valence-electron chi connectivity index (χ3n) is 5.07. The molecule has 0 amide bonds. The number of alkyl halides is 2. The van der Waals surface area contributed by atoms with E-state index in [4.69, 9.17) is 0 Å². The van der Waals surface area contributed by atoms with Crippen LogP contribution in [0.15, 0.2) is 41.7 Å². The van der Waals surface area contributed by atoms with Crippen LogP contribution in [-0.2, 0) is 6.54 Å². The summed E-state index contributed by atoms with van der Waals surface area (Å²) in [5.74, 6) is 0.662. The van der Waals surface area contributed by atoms with Crippen LogP contribution in [0.3, 0.4) is 0 Å². The van der Waals surface area contributed by atoms with Gasteiger partial charge >= 0.3 is 0 Å². The van der Waals surface area contributed by atoms with Crippen molar-refractivity contribution in [2.24, 2.45) is 5.92 Å². The summed E-state index contributed by atoms with van der Waals surface area (Å²) in [6.07, 6.45) is 1.51. The van der Waals surface area contributed by atoms with Gasteiger partial charge in [-0.15, -0.1) is 0 Å². The molecule has 0 saturated carbocycles. The fraction of sp³-hybridized carbons (Fsp3) is 0.368. The maximum absolute atomic E-state index is 13.4. The van der Waals surface area contributed by atoms with Crippen molar-refractivity contribution in [3.05, 3.63) is 58.8 Å². The predicted octanol–water partition coefficient (Wildman–Crippen LogP) is 3.18. The lowest BCUT2D eigenvalue weighted by molar-refractivity contribution is 0.145. The largest absolute Gasteiger partial charge is 0.356 e. The molecule has 1 aliphatic heterocycles. The van der Waals surface area contributed by atoms with Gasteiger partial charge in [-0.05, 0) is 30.9 Å². The molecule has 3 aromatic rings. The first-order chi connectivity index (χ1) is 13.5. The molecular formula is C19H18F3N5O. The van der Waals surface area contributed by atoms with Crippen molar-refractivity contribution < 1.29 is 13.2 Å². The molecule has 1 fully saturated rings. The van der Waals surface area contributed by atoms with Crippen molar-refractivity contribution in [1.29, 1.82) is 0 Å². The normalized spacial score (nSPS) is 15.5. The van der Waals surface area contributed by atoms with Crippen molar-refractivity contribution in [2.45, 2.75) is 25.8 Å². The number of nitrogens with zero attached hydrogens (tertiary/aromatic N) is 5. The first kappa shape index (κ1) is 18.4. The van der Waals surface area contributed by atoms with Gasteiger partial charge < -0.3 is 4.90 Å². The van der Waals surface area contributed by atoms with E-state index in [9.17, 15) is 18.0 Å². The van der Waals surface area contributed by atoms with Crippen molar-refractivity contribution in [1.82, 2.24) is 19.5 Å². The van der Waals surface area contributed by atoms with Crippen molar-refractivity contribution in [3.8, 4) is 0 Å². The predicted molar refractivity (Wildman–Crippen MR) is 97.9 cm³/mol. The molecule has 2 aromatic heterocycles. The van der Waals surface area contributed by atoms with Crippen LogP contribution in [0, 0.1) is 11.7 Å². The van der Waals surface area contributed by atoms with Gasteiger partial charge in [0.1, 0.15) is 23.7 Å². The molecule has 0 aliphatic carbocycles. The van der Waals surface area contributed by atoms with Crippen LogP contribution in [0.4, 0.5) is 19.0 Å². The second-order valence-corrected chi connectivity index (χ2v) is 6.89. The van der Waals surface area contributed by atoms with Gasteiger partial charge in [0.15, 0.2) is 0 Å². The monoisotopic (exact) mass is 389 g/mol. The first-order valence-electron chi connectivity index (χ1n) is 9.01. The van der Waals surface area contributed by atoms with Crippen LogP contribution < -0.4 is 10.5 Å². The quantitative estimate of drug-likeness (QED) is 0.686. The van der Waals surface area contributed by atoms with Gasteiger partial charge in [0, 0.05) is 37.2 Å². The van der Waals surface area contributed by atoms with E-state index in [2.05, 4.69) is 19.9 Å². The lowest BCUT2D eigenvalue weighted by Crippen LogP contribution is -2.37. The summed E-state index contributed by atoms with van der Waals surface area (Å²) < 4.78 is 40.1. The average Bonchev–Trinajstić information content (AvgIpc) is 2.69. The average molecular weight is 389 g/mol. The maximum atomic E-state index is 13.4. The molecule has 3 heterocycles. The minimum absolute atomic E-state index is 0.235. The van der Waals surface area contributed by atoms with Gasteiger partial charge in [-0.3, -0.25) is 9.36 Å². The number of fused-ring (bicyclic) bond motifs is 1. The first-order valence-corrected chi connectivity index (χ1v) is 9.01. The Bertz CT molecular complexity index is 1050. The SMILES string of the molecule is O=c1cc(C(F)F)ncn1CC1CCN(c2ncnc3cc(F)ccc23)CC1. The zero-order valence-corrected chi connectivity index (χ0v) is 14.9. The minimum atomic E-state index is -2.75. The van der Waals surface area contributed by atoms with Crippen LogP contribution >= 0.6 is 0 Å². The molecule has 28 heavy (non-hydrogen) atoms. The van der Waals surface area contributed by atoms with Crippen LogP contribution in [-0.4, -0.2) is 32.6 Å². The third-order valence-corrected chi connectivity index (χ3v) is 5.07. The van der Waals surface area contributed by atoms with E-state index in [-0.39, 0.29) is 11.7 Å². The number of halogens is 3. The highest BCUT2D eigenvalue weighted by molar-refractivity contribution is 5.89. The summed E-state index contributed by atoms with van der Waals surface area (Å²) in [6.45, 7) is 1.90. The summed E-state index contributed by atoms with van der Waals surface area (Å²) in [5.41, 5.74) is -0.399. The van der Waals surface area contributed by atoms with Crippen molar-refractivity contribution >= 4 is 16.7 Å². The van der Waals surface area contributed by atoms with E-state index >= 15 is 0 Å². The Labute approximate surface area is 158 Å². The lowest BCUT2D eigenvalue weighted by atomic mass is 9.96. The Hall–Kier alpha value is -2.97. The molecule has 146 valence electrons. The van der Waals surface area contributed by atoms with Crippen LogP contribution in [0.5, 0.6) is 0 Å². The second-order valence-electron chi connectivity index (χ2n) is 6.89. The van der Waals surface area contributed by atoms with E-state index in [1.807, 2.05) is 0 Å². The molecule has 1 aromatic carbocycles. The number of aromatic nitrogens is 4. The zero-order valence-electron chi connectivity index (χ0n) is 14.9. The summed E-state index contributed by atoms with van der Waals surface area (Å²) >= 11 is 0. The highest BCUT2D eigenvalue weighted by Gasteiger charge is 2.22. The Kier molecular flexibility index (Phi) is 4.97. The summed E-state index contributed by atoms with van der Waals surface area (Å²) in [7, 11) is 0. The Morgan fingerprint density at radius 2 is 1.89 bits per heavy atom. The highest BCUT2D eigenvalue weighted by Crippen LogP contribution is 2.28. The van der Waals surface area contributed by atoms with Gasteiger partial charge in [-0.25, -0.2) is 28.1 Å². The highest BCUT2D eigenvalue weighted by atomic mass is 19.3. The second kappa shape index (κ2) is 7.57. The lowest BCUT2D eigenvalue weighted by Gasteiger charge is -2.33. The van der Waals surface area contributed by atoms with Gasteiger partial charge in [0.25, 0.3) is 12.0 Å². The molecule has 0 atom stereocenters. The number of hydrogen-bond donors (Lipinski definition) is 0. The van der Waals surface area contributed by atoms with Gasteiger partial charge in [-0.2, -0.15) is 0 Å². The molecule has 4 rings (SSSR count). The fourth-order valence-corrected chi connectivity index (χ4v) is 3.57. The molecule has 0 spiro atoms. The number of hydrogen-bond acceptors (Lipinski definition) is 5. The van der Waals surface area contributed by atoms with Gasteiger partial charge in [0.2, 0.25) is 0 Å². The summed E-state index contributed by atoms with van der Waals surface area (Å²) in [6, 6.07) is 5.36. The molecule has 0 bridgehead atoms. The molecule has 0 N–H and O–H groups in total. The standard InChI is InChI=1S/C19H18F3N5O/c20-13-1-2-14-15(7-13)23-10-24-19(14)26-5-3-12(4-6-26)9-27-11-25-16(18(21)22)8-17(27)28/h1-2,7-8,10-12,18H,3-6,9H2. The molecular weight excluding hydrogens is 371 g/mol. The van der Waals surface area contributed by atoms with Crippen LogP contribution in [0.2, 0.25) is 0 Å². The number of piperidine rings is 1. The molecule has 1 aliphatic rings. The van der Waals surface area contributed by atoms with Crippen LogP contribution in [0.25, 0.3) is 10.9 Å². The van der Waals surface area contributed by atoms with Crippen molar-refractivity contribution in [3.63, 3.8) is 0 Å². The van der Waals surface area contributed by atoms with E-state index in [1.54, 1.807) is 6.07 Å². The fourth-order valence-electron chi connectivity index (χ4n) is 3.57. The molecule has 6 nitrogen and oxygen atoms in total. The summed E-state index contributed by atoms with van der Waals surface area (Å²) in [4.78, 5) is 26.3.